The van der Waals surface area contributed by atoms with Crippen LogP contribution in [0.4, 0.5) is 0 Å². The van der Waals surface area contributed by atoms with Gasteiger partial charge in [0.1, 0.15) is 5.82 Å². The zero-order chi connectivity index (χ0) is 12.8. The van der Waals surface area contributed by atoms with Gasteiger partial charge in [-0.25, -0.2) is 0 Å². The second kappa shape index (κ2) is 5.94. The van der Waals surface area contributed by atoms with E-state index >= 15 is 0 Å². The molecule has 17 heavy (non-hydrogen) atoms. The number of aromatic nitrogens is 3. The summed E-state index contributed by atoms with van der Waals surface area (Å²) in [4.78, 5) is 11.9. The lowest BCUT2D eigenvalue weighted by Gasteiger charge is -2.03. The molecule has 0 spiro atoms. The molecule has 1 aromatic carbocycles. The summed E-state index contributed by atoms with van der Waals surface area (Å²) in [5.74, 6) is 0.611. The largest absolute Gasteiger partial charge is 0.297 e. The molecule has 0 aliphatic heterocycles. The maximum atomic E-state index is 11.9. The molecule has 4 heteroatoms. The first-order valence-corrected chi connectivity index (χ1v) is 5.66. The molecule has 0 unspecified atom stereocenters. The van der Waals surface area contributed by atoms with Gasteiger partial charge in [-0.05, 0) is 6.92 Å². The van der Waals surface area contributed by atoms with Gasteiger partial charge in [-0.2, -0.15) is 0 Å². The van der Waals surface area contributed by atoms with Crippen LogP contribution in [0.15, 0.2) is 35.1 Å². The number of aryl methyl sites for hydroxylation is 1. The third-order valence-corrected chi connectivity index (χ3v) is 2.33. The van der Waals surface area contributed by atoms with Crippen LogP contribution in [0, 0.1) is 6.92 Å². The van der Waals surface area contributed by atoms with Crippen molar-refractivity contribution in [3.63, 3.8) is 0 Å². The highest BCUT2D eigenvalue weighted by atomic mass is 16.1. The molecule has 0 saturated carbocycles. The highest BCUT2D eigenvalue weighted by molar-refractivity contribution is 5.56. The summed E-state index contributed by atoms with van der Waals surface area (Å²) in [5.41, 5.74) is 1.07. The molecule has 2 rings (SSSR count). The molecule has 0 radical (unpaired) electrons. The fourth-order valence-electron chi connectivity index (χ4n) is 1.32. The molecular formula is C13H17N3O. The van der Waals surface area contributed by atoms with Crippen LogP contribution < -0.4 is 5.56 Å². The van der Waals surface area contributed by atoms with Crippen molar-refractivity contribution in [1.29, 1.82) is 0 Å². The Labute approximate surface area is 101 Å². The van der Waals surface area contributed by atoms with E-state index in [0.717, 1.165) is 5.56 Å². The Kier molecular flexibility index (Phi) is 4.57. The van der Waals surface area contributed by atoms with Crippen LogP contribution in [0.25, 0.3) is 11.3 Å². The van der Waals surface area contributed by atoms with Crippen LogP contribution in [0.3, 0.4) is 0 Å². The number of rotatable bonds is 1. The number of hydrogen-bond donors (Lipinski definition) is 0. The van der Waals surface area contributed by atoms with Gasteiger partial charge in [0.2, 0.25) is 0 Å². The average molecular weight is 231 g/mol. The summed E-state index contributed by atoms with van der Waals surface area (Å²) in [6.07, 6.45) is 0. The van der Waals surface area contributed by atoms with Gasteiger partial charge in [-0.1, -0.05) is 44.2 Å². The molecule has 0 aliphatic rings. The molecule has 0 bridgehead atoms. The summed E-state index contributed by atoms with van der Waals surface area (Å²) in [6, 6.07) is 9.34. The molecule has 0 aliphatic carbocycles. The van der Waals surface area contributed by atoms with Crippen molar-refractivity contribution in [3.8, 4) is 11.3 Å². The summed E-state index contributed by atoms with van der Waals surface area (Å²) in [7, 11) is 1.69. The summed E-state index contributed by atoms with van der Waals surface area (Å²) >= 11 is 0. The van der Waals surface area contributed by atoms with E-state index in [1.165, 1.54) is 4.57 Å². The molecule has 4 nitrogen and oxygen atoms in total. The zero-order valence-corrected chi connectivity index (χ0v) is 10.6. The zero-order valence-electron chi connectivity index (χ0n) is 10.6. The Bertz CT molecular complexity index is 532. The Hall–Kier alpha value is -1.97. The predicted molar refractivity (Wildman–Crippen MR) is 68.8 cm³/mol. The van der Waals surface area contributed by atoms with Crippen LogP contribution in [0.5, 0.6) is 0 Å². The van der Waals surface area contributed by atoms with Gasteiger partial charge in [0, 0.05) is 12.6 Å². The van der Waals surface area contributed by atoms with E-state index in [1.54, 1.807) is 14.0 Å². The van der Waals surface area contributed by atoms with E-state index in [2.05, 4.69) is 10.2 Å². The molecule has 0 saturated heterocycles. The molecule has 90 valence electrons. The average Bonchev–Trinajstić information content (AvgIpc) is 2.40. The number of nitrogens with zero attached hydrogens (tertiary/aromatic N) is 3. The molecular weight excluding hydrogens is 214 g/mol. The van der Waals surface area contributed by atoms with Gasteiger partial charge < -0.3 is 0 Å². The van der Waals surface area contributed by atoms with Crippen molar-refractivity contribution in [3.05, 3.63) is 46.5 Å². The van der Waals surface area contributed by atoms with Crippen molar-refractivity contribution in [2.75, 3.05) is 0 Å². The first-order valence-electron chi connectivity index (χ1n) is 5.66. The minimum Gasteiger partial charge on any atom is -0.297 e. The quantitative estimate of drug-likeness (QED) is 0.755. The lowest BCUT2D eigenvalue weighted by molar-refractivity contribution is 0.732. The van der Waals surface area contributed by atoms with E-state index in [-0.39, 0.29) is 5.56 Å². The number of benzene rings is 1. The van der Waals surface area contributed by atoms with Crippen LogP contribution in [0.1, 0.15) is 19.7 Å². The minimum absolute atomic E-state index is 0.117. The van der Waals surface area contributed by atoms with Gasteiger partial charge >= 0.3 is 0 Å². The standard InChI is InChI=1S/C11H11N3O.C2H6/c1-8-12-13-10(11(15)14(8)2)9-6-4-3-5-7-9;1-2/h3-7H,1-2H3;1-2H3. The third-order valence-electron chi connectivity index (χ3n) is 2.33. The van der Waals surface area contributed by atoms with E-state index in [0.29, 0.717) is 11.5 Å². The SMILES string of the molecule is CC.Cc1nnc(-c2ccccc2)c(=O)n1C. The first kappa shape index (κ1) is 13.1. The second-order valence-corrected chi connectivity index (χ2v) is 3.33. The predicted octanol–water partition coefficient (Wildman–Crippen LogP) is 2.18. The van der Waals surface area contributed by atoms with Gasteiger partial charge in [-0.3, -0.25) is 9.36 Å². The summed E-state index contributed by atoms with van der Waals surface area (Å²) < 4.78 is 1.50. The minimum atomic E-state index is -0.117. The van der Waals surface area contributed by atoms with E-state index in [4.69, 9.17) is 0 Å². The lowest BCUT2D eigenvalue weighted by Crippen LogP contribution is -2.23. The molecule has 0 N–H and O–H groups in total. The van der Waals surface area contributed by atoms with Crippen molar-refractivity contribution < 1.29 is 0 Å². The maximum Gasteiger partial charge on any atom is 0.280 e. The highest BCUT2D eigenvalue weighted by Gasteiger charge is 2.07. The van der Waals surface area contributed by atoms with Crippen LogP contribution >= 0.6 is 0 Å². The summed E-state index contributed by atoms with van der Waals surface area (Å²) in [5, 5.41) is 7.85. The van der Waals surface area contributed by atoms with Gasteiger partial charge in [0.05, 0.1) is 0 Å². The topological polar surface area (TPSA) is 47.8 Å². The Morgan fingerprint density at radius 1 is 1.06 bits per heavy atom. The first-order chi connectivity index (χ1) is 8.20. The summed E-state index contributed by atoms with van der Waals surface area (Å²) in [6.45, 7) is 5.75. The lowest BCUT2D eigenvalue weighted by atomic mass is 10.2. The van der Waals surface area contributed by atoms with Crippen molar-refractivity contribution in [1.82, 2.24) is 14.8 Å². The van der Waals surface area contributed by atoms with E-state index < -0.39 is 0 Å². The van der Waals surface area contributed by atoms with E-state index in [1.807, 2.05) is 44.2 Å². The number of hydrogen-bond acceptors (Lipinski definition) is 3. The normalized spacial score (nSPS) is 9.41. The molecule has 0 amide bonds. The van der Waals surface area contributed by atoms with Crippen molar-refractivity contribution >= 4 is 0 Å². The Morgan fingerprint density at radius 3 is 2.24 bits per heavy atom. The smallest absolute Gasteiger partial charge is 0.280 e. The van der Waals surface area contributed by atoms with Crippen LogP contribution in [-0.2, 0) is 7.05 Å². The maximum absolute atomic E-state index is 11.9. The Balaban J connectivity index is 0.000000686. The molecule has 0 fully saturated rings. The molecule has 1 aromatic heterocycles. The molecule has 2 aromatic rings. The second-order valence-electron chi connectivity index (χ2n) is 3.33. The van der Waals surface area contributed by atoms with Gasteiger partial charge in [0.25, 0.3) is 5.56 Å². The van der Waals surface area contributed by atoms with Crippen molar-refractivity contribution in [2.24, 2.45) is 7.05 Å². The molecule has 1 heterocycles. The third kappa shape index (κ3) is 2.78. The van der Waals surface area contributed by atoms with Gasteiger partial charge in [-0.15, -0.1) is 10.2 Å². The van der Waals surface area contributed by atoms with Crippen molar-refractivity contribution in [2.45, 2.75) is 20.8 Å². The van der Waals surface area contributed by atoms with Gasteiger partial charge in [0.15, 0.2) is 5.69 Å². The fourth-order valence-corrected chi connectivity index (χ4v) is 1.32. The Morgan fingerprint density at radius 2 is 1.65 bits per heavy atom. The van der Waals surface area contributed by atoms with E-state index in [9.17, 15) is 4.79 Å². The van der Waals surface area contributed by atoms with Crippen LogP contribution in [0.2, 0.25) is 0 Å². The fraction of sp³-hybridized carbons (Fsp3) is 0.308. The highest BCUT2D eigenvalue weighted by Crippen LogP contribution is 2.10. The van der Waals surface area contributed by atoms with Crippen LogP contribution in [-0.4, -0.2) is 14.8 Å². The molecule has 0 atom stereocenters. The monoisotopic (exact) mass is 231 g/mol.